The van der Waals surface area contributed by atoms with Gasteiger partial charge in [-0.2, -0.15) is 0 Å². The zero-order valence-corrected chi connectivity index (χ0v) is 14.3. The number of aromatic nitrogens is 2. The molecule has 24 heavy (non-hydrogen) atoms. The summed E-state index contributed by atoms with van der Waals surface area (Å²) in [6, 6.07) is 8.21. The van der Waals surface area contributed by atoms with E-state index in [0.29, 0.717) is 6.54 Å². The van der Waals surface area contributed by atoms with Gasteiger partial charge in [-0.25, -0.2) is 9.78 Å². The molecule has 1 aromatic heterocycles. The fourth-order valence-corrected chi connectivity index (χ4v) is 3.02. The fourth-order valence-electron chi connectivity index (χ4n) is 3.02. The van der Waals surface area contributed by atoms with Crippen molar-refractivity contribution in [3.8, 4) is 0 Å². The highest BCUT2D eigenvalue weighted by Crippen LogP contribution is 2.23. The zero-order valence-electron chi connectivity index (χ0n) is 14.3. The lowest BCUT2D eigenvalue weighted by molar-refractivity contribution is 0.237. The molecule has 128 valence electrons. The van der Waals surface area contributed by atoms with Crippen LogP contribution in [0.2, 0.25) is 0 Å². The lowest BCUT2D eigenvalue weighted by atomic mass is 10.1. The molecular weight excluding hydrogens is 302 g/mol. The number of benzene rings is 1. The first-order chi connectivity index (χ1) is 11.6. The molecular formula is C18H25N5O. The highest BCUT2D eigenvalue weighted by atomic mass is 16.2. The third-order valence-corrected chi connectivity index (χ3v) is 4.52. The van der Waals surface area contributed by atoms with Crippen LogP contribution < -0.4 is 15.5 Å². The van der Waals surface area contributed by atoms with E-state index in [1.807, 2.05) is 24.7 Å². The van der Waals surface area contributed by atoms with Gasteiger partial charge >= 0.3 is 6.03 Å². The first-order valence-corrected chi connectivity index (χ1v) is 8.49. The molecule has 2 heterocycles. The highest BCUT2D eigenvalue weighted by Gasteiger charge is 2.15. The number of amides is 2. The van der Waals surface area contributed by atoms with Crippen molar-refractivity contribution in [2.45, 2.75) is 32.4 Å². The van der Waals surface area contributed by atoms with Crippen molar-refractivity contribution < 1.29 is 4.79 Å². The molecule has 0 radical (unpaired) electrons. The predicted molar refractivity (Wildman–Crippen MR) is 94.9 cm³/mol. The number of hydrogen-bond donors (Lipinski definition) is 2. The number of hydrogen-bond acceptors (Lipinski definition) is 3. The predicted octanol–water partition coefficient (Wildman–Crippen LogP) is 2.58. The van der Waals surface area contributed by atoms with Crippen LogP contribution in [-0.2, 0) is 13.6 Å². The second kappa shape index (κ2) is 7.38. The van der Waals surface area contributed by atoms with Crippen molar-refractivity contribution in [1.29, 1.82) is 0 Å². The quantitative estimate of drug-likeness (QED) is 0.887. The average molecular weight is 327 g/mol. The van der Waals surface area contributed by atoms with Gasteiger partial charge in [-0.05, 0) is 37.5 Å². The molecule has 1 fully saturated rings. The summed E-state index contributed by atoms with van der Waals surface area (Å²) in [4.78, 5) is 18.7. The number of anilines is 1. The second-order valence-electron chi connectivity index (χ2n) is 6.29. The number of imidazole rings is 1. The molecule has 0 bridgehead atoms. The Bertz CT molecular complexity index is 690. The van der Waals surface area contributed by atoms with Crippen LogP contribution in [0.5, 0.6) is 0 Å². The van der Waals surface area contributed by atoms with E-state index in [9.17, 15) is 4.79 Å². The number of carbonyl (C=O) groups excluding carboxylic acids is 1. The molecule has 3 rings (SSSR count). The number of carbonyl (C=O) groups is 1. The minimum Gasteiger partial charge on any atom is -0.372 e. The summed E-state index contributed by atoms with van der Waals surface area (Å²) in [6.45, 7) is 4.66. The molecule has 1 unspecified atom stereocenters. The largest absolute Gasteiger partial charge is 0.372 e. The number of nitrogens with zero attached hydrogens (tertiary/aromatic N) is 3. The van der Waals surface area contributed by atoms with Gasteiger partial charge in [0.05, 0.1) is 12.6 Å². The van der Waals surface area contributed by atoms with E-state index in [0.717, 1.165) is 24.5 Å². The maximum Gasteiger partial charge on any atom is 0.315 e. The van der Waals surface area contributed by atoms with E-state index in [1.54, 1.807) is 6.20 Å². The van der Waals surface area contributed by atoms with E-state index >= 15 is 0 Å². The number of aryl methyl sites for hydroxylation is 1. The third-order valence-electron chi connectivity index (χ3n) is 4.52. The Kier molecular flexibility index (Phi) is 5.03. The number of rotatable bonds is 5. The first-order valence-electron chi connectivity index (χ1n) is 8.49. The highest BCUT2D eigenvalue weighted by molar-refractivity contribution is 5.74. The lowest BCUT2D eigenvalue weighted by Gasteiger charge is -2.21. The Labute approximate surface area is 142 Å². The van der Waals surface area contributed by atoms with Gasteiger partial charge in [0, 0.05) is 38.2 Å². The number of nitrogens with one attached hydrogen (secondary N) is 2. The van der Waals surface area contributed by atoms with Crippen molar-refractivity contribution in [2.75, 3.05) is 18.0 Å². The van der Waals surface area contributed by atoms with Crippen LogP contribution in [0.3, 0.4) is 0 Å². The summed E-state index contributed by atoms with van der Waals surface area (Å²) in [5.41, 5.74) is 2.36. The Morgan fingerprint density at radius 3 is 2.83 bits per heavy atom. The average Bonchev–Trinajstić information content (AvgIpc) is 3.25. The molecule has 6 heteroatoms. The van der Waals surface area contributed by atoms with E-state index in [4.69, 9.17) is 0 Å². The maximum absolute atomic E-state index is 12.1. The summed E-state index contributed by atoms with van der Waals surface area (Å²) in [6.07, 6.45) is 6.10. The monoisotopic (exact) mass is 327 g/mol. The third kappa shape index (κ3) is 3.88. The van der Waals surface area contributed by atoms with Gasteiger partial charge in [0.25, 0.3) is 0 Å². The fraction of sp³-hybridized carbons (Fsp3) is 0.444. The molecule has 1 saturated heterocycles. The summed E-state index contributed by atoms with van der Waals surface area (Å²) in [5, 5.41) is 5.84. The molecule has 1 aromatic carbocycles. The SMILES string of the molecule is CC(NC(=O)NCc1nccn1C)c1cccc(N2CCCC2)c1. The van der Waals surface area contributed by atoms with Crippen LogP contribution in [0.15, 0.2) is 36.7 Å². The van der Waals surface area contributed by atoms with Crippen LogP contribution in [0.1, 0.15) is 37.2 Å². The maximum atomic E-state index is 12.1. The molecule has 0 aliphatic carbocycles. The molecule has 0 saturated carbocycles. The smallest absolute Gasteiger partial charge is 0.315 e. The van der Waals surface area contributed by atoms with Gasteiger partial charge in [0.15, 0.2) is 0 Å². The van der Waals surface area contributed by atoms with Gasteiger partial charge in [-0.3, -0.25) is 0 Å². The Hall–Kier alpha value is -2.50. The van der Waals surface area contributed by atoms with E-state index in [1.165, 1.54) is 18.5 Å². The lowest BCUT2D eigenvalue weighted by Crippen LogP contribution is -2.37. The standard InChI is InChI=1S/C18H25N5O/c1-14(21-18(24)20-13-17-19-8-11-22(17)2)15-6-5-7-16(12-15)23-9-3-4-10-23/h5-8,11-12,14H,3-4,9-10,13H2,1-2H3,(H2,20,21,24). The first kappa shape index (κ1) is 16.4. The Balaban J connectivity index is 1.56. The van der Waals surface area contributed by atoms with Gasteiger partial charge in [-0.15, -0.1) is 0 Å². The van der Waals surface area contributed by atoms with Gasteiger partial charge < -0.3 is 20.1 Å². The van der Waals surface area contributed by atoms with E-state index in [-0.39, 0.29) is 12.1 Å². The summed E-state index contributed by atoms with van der Waals surface area (Å²) < 4.78 is 1.89. The van der Waals surface area contributed by atoms with Crippen LogP contribution in [-0.4, -0.2) is 28.7 Å². The van der Waals surface area contributed by atoms with Crippen molar-refractivity contribution in [2.24, 2.45) is 7.05 Å². The van der Waals surface area contributed by atoms with E-state index < -0.39 is 0 Å². The Morgan fingerprint density at radius 1 is 1.33 bits per heavy atom. The molecule has 2 N–H and O–H groups in total. The van der Waals surface area contributed by atoms with Crippen LogP contribution in [0.25, 0.3) is 0 Å². The van der Waals surface area contributed by atoms with Crippen molar-refractivity contribution in [3.63, 3.8) is 0 Å². The topological polar surface area (TPSA) is 62.2 Å². The zero-order chi connectivity index (χ0) is 16.9. The van der Waals surface area contributed by atoms with Crippen LogP contribution >= 0.6 is 0 Å². The molecule has 1 atom stereocenters. The minimum atomic E-state index is -0.183. The van der Waals surface area contributed by atoms with Gasteiger partial charge in [-0.1, -0.05) is 12.1 Å². The van der Waals surface area contributed by atoms with Crippen LogP contribution in [0, 0.1) is 0 Å². The summed E-state index contributed by atoms with van der Waals surface area (Å²) in [5.74, 6) is 0.828. The molecule has 1 aliphatic rings. The summed E-state index contributed by atoms with van der Waals surface area (Å²) >= 11 is 0. The van der Waals surface area contributed by atoms with Crippen molar-refractivity contribution >= 4 is 11.7 Å². The van der Waals surface area contributed by atoms with Crippen molar-refractivity contribution in [1.82, 2.24) is 20.2 Å². The second-order valence-corrected chi connectivity index (χ2v) is 6.29. The van der Waals surface area contributed by atoms with Gasteiger partial charge in [0.1, 0.15) is 5.82 Å². The Morgan fingerprint density at radius 2 is 2.12 bits per heavy atom. The van der Waals surface area contributed by atoms with E-state index in [2.05, 4.69) is 44.8 Å². The molecule has 6 nitrogen and oxygen atoms in total. The van der Waals surface area contributed by atoms with Gasteiger partial charge in [0.2, 0.25) is 0 Å². The van der Waals surface area contributed by atoms with Crippen LogP contribution in [0.4, 0.5) is 10.5 Å². The molecule has 0 spiro atoms. The molecule has 2 amide bonds. The minimum absolute atomic E-state index is 0.0473. The normalized spacial score (nSPS) is 15.3. The molecule has 2 aromatic rings. The summed E-state index contributed by atoms with van der Waals surface area (Å²) in [7, 11) is 1.91. The number of urea groups is 1. The molecule has 1 aliphatic heterocycles. The van der Waals surface area contributed by atoms with Crippen molar-refractivity contribution in [3.05, 3.63) is 48.0 Å².